The maximum absolute atomic E-state index is 13.3. The molecular weight excluding hydrogens is 500 g/mol. The van der Waals surface area contributed by atoms with Gasteiger partial charge in [-0.2, -0.15) is 0 Å². The van der Waals surface area contributed by atoms with Gasteiger partial charge in [0.25, 0.3) is 5.91 Å². The van der Waals surface area contributed by atoms with Gasteiger partial charge in [-0.3, -0.25) is 14.6 Å². The number of piperazine rings is 1. The number of nitrogens with zero attached hydrogens (tertiary/aromatic N) is 3. The van der Waals surface area contributed by atoms with E-state index >= 15 is 0 Å². The van der Waals surface area contributed by atoms with Gasteiger partial charge in [-0.05, 0) is 55.9 Å². The Morgan fingerprint density at radius 3 is 2.72 bits per heavy atom. The zero-order valence-corrected chi connectivity index (χ0v) is 22.3. The molecule has 0 spiro atoms. The molecule has 36 heavy (non-hydrogen) atoms. The molecular formula is C26H35ClN4O4S. The van der Waals surface area contributed by atoms with Gasteiger partial charge in [0.2, 0.25) is 5.91 Å². The Balaban J connectivity index is 1.21. The van der Waals surface area contributed by atoms with Crippen LogP contribution in [0.1, 0.15) is 31.4 Å². The molecule has 1 aliphatic heterocycles. The van der Waals surface area contributed by atoms with Crippen molar-refractivity contribution < 1.29 is 19.1 Å². The maximum Gasteiger partial charge on any atom is 0.261 e. The molecule has 1 aliphatic carbocycles. The number of rotatable bonds is 11. The highest BCUT2D eigenvalue weighted by Crippen LogP contribution is 2.29. The Bertz CT molecular complexity index is 983. The van der Waals surface area contributed by atoms with E-state index in [2.05, 4.69) is 16.4 Å². The van der Waals surface area contributed by atoms with Crippen LogP contribution in [0.5, 0.6) is 5.06 Å². The zero-order valence-electron chi connectivity index (χ0n) is 20.7. The highest BCUT2D eigenvalue weighted by Gasteiger charge is 2.38. The van der Waals surface area contributed by atoms with Crippen LogP contribution in [0, 0.1) is 5.92 Å². The molecule has 1 saturated heterocycles. The first-order valence-corrected chi connectivity index (χ1v) is 13.8. The summed E-state index contributed by atoms with van der Waals surface area (Å²) >= 11 is 7.20. The summed E-state index contributed by atoms with van der Waals surface area (Å²) in [6, 6.07) is 9.40. The number of methoxy groups -OCH3 is 1. The number of nitrogens with one attached hydrogen (secondary N) is 1. The Labute approximate surface area is 221 Å². The molecule has 2 amide bonds. The van der Waals surface area contributed by atoms with Crippen LogP contribution in [-0.2, 0) is 20.7 Å². The molecule has 1 saturated carbocycles. The van der Waals surface area contributed by atoms with Crippen LogP contribution in [0.2, 0.25) is 4.34 Å². The van der Waals surface area contributed by atoms with Crippen molar-refractivity contribution in [3.8, 4) is 5.06 Å². The van der Waals surface area contributed by atoms with Gasteiger partial charge in [-0.15, -0.1) is 0 Å². The number of carbonyl (C=O) groups is 2. The van der Waals surface area contributed by atoms with Crippen LogP contribution < -0.4 is 10.1 Å². The van der Waals surface area contributed by atoms with E-state index in [1.54, 1.807) is 24.1 Å². The molecule has 2 aliphatic rings. The Morgan fingerprint density at radius 2 is 2.03 bits per heavy atom. The normalized spacial score (nSPS) is 22.6. The van der Waals surface area contributed by atoms with Crippen LogP contribution in [0.25, 0.3) is 0 Å². The molecule has 2 fully saturated rings. The number of aromatic nitrogens is 1. The summed E-state index contributed by atoms with van der Waals surface area (Å²) in [6.45, 7) is 2.75. The molecule has 2 aromatic rings. The lowest BCUT2D eigenvalue weighted by molar-refractivity contribution is -0.155. The smallest absolute Gasteiger partial charge is 0.261 e. The standard InChI is InChI=1S/C26H35ClN4O4S/c1-34-17-22-26(33)30(14-15-31(22)24(32)18-35-25-10-9-23(27)36-25)16-19-5-7-21(8-6-19)29-13-11-20-4-2-3-12-28-20/h2-4,9-10,12,19,21-22,29H,5-8,11,13-18H2,1H3/t19-,21+,22-/m0/s1. The van der Waals surface area contributed by atoms with Gasteiger partial charge in [0, 0.05) is 57.6 Å². The summed E-state index contributed by atoms with van der Waals surface area (Å²) in [5.74, 6) is 0.234. The molecule has 1 atom stereocenters. The number of carbonyl (C=O) groups excluding carboxylic acids is 2. The zero-order chi connectivity index (χ0) is 25.3. The van der Waals surface area contributed by atoms with E-state index in [4.69, 9.17) is 21.1 Å². The van der Waals surface area contributed by atoms with Gasteiger partial charge in [-0.25, -0.2) is 0 Å². The van der Waals surface area contributed by atoms with Gasteiger partial charge in [0.1, 0.15) is 6.04 Å². The quantitative estimate of drug-likeness (QED) is 0.476. The average molecular weight is 535 g/mol. The van der Waals surface area contributed by atoms with E-state index in [0.717, 1.165) is 50.9 Å². The van der Waals surface area contributed by atoms with Crippen LogP contribution in [0.4, 0.5) is 0 Å². The molecule has 0 radical (unpaired) electrons. The van der Waals surface area contributed by atoms with Crippen molar-refractivity contribution in [3.05, 3.63) is 46.6 Å². The SMILES string of the molecule is COC[C@H]1C(=O)N(C[C@H]2CC[C@@H](NCCc3ccccn3)CC2)CCN1C(=O)COc1ccc(Cl)s1. The lowest BCUT2D eigenvalue weighted by Crippen LogP contribution is -2.61. The number of hydrogen-bond donors (Lipinski definition) is 1. The highest BCUT2D eigenvalue weighted by atomic mass is 35.5. The fourth-order valence-electron chi connectivity index (χ4n) is 5.04. The molecule has 0 bridgehead atoms. The Morgan fingerprint density at radius 1 is 1.19 bits per heavy atom. The minimum Gasteiger partial charge on any atom is -0.474 e. The topological polar surface area (TPSA) is 84.0 Å². The van der Waals surface area contributed by atoms with Crippen LogP contribution in [0.15, 0.2) is 36.5 Å². The van der Waals surface area contributed by atoms with Crippen LogP contribution >= 0.6 is 22.9 Å². The first-order chi connectivity index (χ1) is 17.5. The monoisotopic (exact) mass is 534 g/mol. The predicted molar refractivity (Wildman–Crippen MR) is 140 cm³/mol. The third-order valence-electron chi connectivity index (χ3n) is 6.98. The summed E-state index contributed by atoms with van der Waals surface area (Å²) in [5, 5.41) is 4.26. The maximum atomic E-state index is 13.3. The van der Waals surface area contributed by atoms with Crippen molar-refractivity contribution in [2.45, 2.75) is 44.2 Å². The third kappa shape index (κ3) is 7.41. The van der Waals surface area contributed by atoms with Crippen molar-refractivity contribution in [2.75, 3.05) is 46.5 Å². The minimum absolute atomic E-state index is 0.0359. The molecule has 1 N–H and O–H groups in total. The molecule has 4 rings (SSSR count). The van der Waals surface area contributed by atoms with E-state index in [-0.39, 0.29) is 25.0 Å². The second-order valence-corrected chi connectivity index (χ2v) is 11.1. The van der Waals surface area contributed by atoms with Gasteiger partial charge in [0.05, 0.1) is 10.9 Å². The van der Waals surface area contributed by atoms with Crippen LogP contribution in [-0.4, -0.2) is 85.2 Å². The number of hydrogen-bond acceptors (Lipinski definition) is 7. The Hall–Kier alpha value is -2.20. The number of thiophene rings is 1. The average Bonchev–Trinajstić information content (AvgIpc) is 3.32. The predicted octanol–water partition coefficient (Wildman–Crippen LogP) is 3.25. The molecule has 2 aromatic heterocycles. The van der Waals surface area contributed by atoms with Crippen molar-refractivity contribution in [1.29, 1.82) is 0 Å². The van der Waals surface area contributed by atoms with Gasteiger partial charge >= 0.3 is 0 Å². The summed E-state index contributed by atoms with van der Waals surface area (Å²) in [6.07, 6.45) is 7.20. The largest absolute Gasteiger partial charge is 0.474 e. The van der Waals surface area contributed by atoms with Crippen molar-refractivity contribution in [3.63, 3.8) is 0 Å². The fourth-order valence-corrected chi connectivity index (χ4v) is 5.91. The molecule has 3 heterocycles. The molecule has 0 aromatic carbocycles. The fraction of sp³-hybridized carbons (Fsp3) is 0.577. The van der Waals surface area contributed by atoms with E-state index in [0.29, 0.717) is 34.4 Å². The van der Waals surface area contributed by atoms with Crippen LogP contribution in [0.3, 0.4) is 0 Å². The molecule has 10 heteroatoms. The summed E-state index contributed by atoms with van der Waals surface area (Å²) in [5.41, 5.74) is 1.11. The highest BCUT2D eigenvalue weighted by molar-refractivity contribution is 7.17. The number of amides is 2. The lowest BCUT2D eigenvalue weighted by atomic mass is 9.85. The van der Waals surface area contributed by atoms with Crippen molar-refractivity contribution in [1.82, 2.24) is 20.1 Å². The molecule has 8 nitrogen and oxygen atoms in total. The molecule has 0 unspecified atom stereocenters. The summed E-state index contributed by atoms with van der Waals surface area (Å²) < 4.78 is 11.5. The number of ether oxygens (including phenoxy) is 2. The van der Waals surface area contributed by atoms with Gasteiger partial charge in [0.15, 0.2) is 11.7 Å². The van der Waals surface area contributed by atoms with Crippen molar-refractivity contribution in [2.24, 2.45) is 5.92 Å². The number of pyridine rings is 1. The van der Waals surface area contributed by atoms with Gasteiger partial charge < -0.3 is 24.6 Å². The summed E-state index contributed by atoms with van der Waals surface area (Å²) in [4.78, 5) is 34.1. The Kier molecular flexibility index (Phi) is 9.98. The van der Waals surface area contributed by atoms with E-state index < -0.39 is 6.04 Å². The van der Waals surface area contributed by atoms with Crippen molar-refractivity contribution >= 4 is 34.8 Å². The third-order valence-corrected chi connectivity index (χ3v) is 8.12. The second-order valence-electron chi connectivity index (χ2n) is 9.43. The minimum atomic E-state index is -0.614. The first kappa shape index (κ1) is 26.9. The number of halogens is 1. The lowest BCUT2D eigenvalue weighted by Gasteiger charge is -2.42. The first-order valence-electron chi connectivity index (χ1n) is 12.6. The van der Waals surface area contributed by atoms with E-state index in [1.807, 2.05) is 23.2 Å². The van der Waals surface area contributed by atoms with Gasteiger partial charge in [-0.1, -0.05) is 29.0 Å². The second kappa shape index (κ2) is 13.4. The summed E-state index contributed by atoms with van der Waals surface area (Å²) in [7, 11) is 1.56. The molecule has 196 valence electrons. The van der Waals surface area contributed by atoms with E-state index in [9.17, 15) is 9.59 Å². The van der Waals surface area contributed by atoms with E-state index in [1.165, 1.54) is 11.3 Å².